The standard InChI is InChI=1S/C26H28N2O5/c29-12-13-33-26(31)20-6-1-4-18(14-20)16-32-17-21-9-10-24(30)22(21)15-28-23-8-2-5-19-7-3-11-27-25(19)23/h1-8,11,14,21-22,28-29H,9-10,12-13,15-17H2/t21-,22-/m1/s1. The van der Waals surface area contributed by atoms with Crippen LogP contribution in [0.1, 0.15) is 28.8 Å². The van der Waals surface area contributed by atoms with Gasteiger partial charge < -0.3 is 19.9 Å². The Hall–Kier alpha value is -3.29. The van der Waals surface area contributed by atoms with Gasteiger partial charge in [0.15, 0.2) is 0 Å². The number of nitrogens with one attached hydrogen (secondary N) is 1. The summed E-state index contributed by atoms with van der Waals surface area (Å²) in [4.78, 5) is 29.0. The third-order valence-electron chi connectivity index (χ3n) is 5.98. The van der Waals surface area contributed by atoms with E-state index in [0.717, 1.165) is 28.6 Å². The highest BCUT2D eigenvalue weighted by Gasteiger charge is 2.34. The number of Topliss-reactive ketones (excluding diaryl/α,β-unsaturated/α-hetero) is 1. The van der Waals surface area contributed by atoms with E-state index >= 15 is 0 Å². The van der Waals surface area contributed by atoms with Gasteiger partial charge in [0.1, 0.15) is 12.4 Å². The summed E-state index contributed by atoms with van der Waals surface area (Å²) in [5.74, 6) is -0.173. The fraction of sp³-hybridized carbons (Fsp3) is 0.346. The number of aliphatic hydroxyl groups is 1. The zero-order chi connectivity index (χ0) is 23.0. The van der Waals surface area contributed by atoms with Gasteiger partial charge in [-0.25, -0.2) is 4.79 Å². The number of hydrogen-bond acceptors (Lipinski definition) is 7. The van der Waals surface area contributed by atoms with Crippen molar-refractivity contribution in [1.82, 2.24) is 4.98 Å². The average molecular weight is 449 g/mol. The van der Waals surface area contributed by atoms with Crippen molar-refractivity contribution < 1.29 is 24.2 Å². The third-order valence-corrected chi connectivity index (χ3v) is 5.98. The molecule has 7 heteroatoms. The smallest absolute Gasteiger partial charge is 0.338 e. The molecule has 1 aliphatic carbocycles. The summed E-state index contributed by atoms with van der Waals surface area (Å²) in [7, 11) is 0. The van der Waals surface area contributed by atoms with Gasteiger partial charge in [-0.1, -0.05) is 30.3 Å². The monoisotopic (exact) mass is 448 g/mol. The normalized spacial score (nSPS) is 17.9. The number of hydrogen-bond donors (Lipinski definition) is 2. The van der Waals surface area contributed by atoms with Crippen molar-refractivity contribution in [2.75, 3.05) is 31.7 Å². The van der Waals surface area contributed by atoms with E-state index < -0.39 is 5.97 Å². The Bertz CT molecular complexity index is 1110. The number of aromatic nitrogens is 1. The molecule has 2 aromatic carbocycles. The molecule has 0 unspecified atom stereocenters. The summed E-state index contributed by atoms with van der Waals surface area (Å²) in [6.45, 7) is 1.14. The summed E-state index contributed by atoms with van der Waals surface area (Å²) >= 11 is 0. The predicted molar refractivity (Wildman–Crippen MR) is 125 cm³/mol. The van der Waals surface area contributed by atoms with Gasteiger partial charge in [0.2, 0.25) is 0 Å². The van der Waals surface area contributed by atoms with Gasteiger partial charge in [-0.05, 0) is 42.2 Å². The van der Waals surface area contributed by atoms with Gasteiger partial charge in [-0.15, -0.1) is 0 Å². The number of carbonyl (C=O) groups excluding carboxylic acids is 2. The third kappa shape index (κ3) is 5.74. The number of ketones is 1. The van der Waals surface area contributed by atoms with Crippen molar-refractivity contribution in [3.8, 4) is 0 Å². The number of anilines is 1. The Kier molecular flexibility index (Phi) is 7.65. The van der Waals surface area contributed by atoms with Gasteiger partial charge in [0.25, 0.3) is 0 Å². The first-order valence-corrected chi connectivity index (χ1v) is 11.2. The summed E-state index contributed by atoms with van der Waals surface area (Å²) in [6, 6.07) is 17.0. The van der Waals surface area contributed by atoms with Crippen LogP contribution in [0.4, 0.5) is 5.69 Å². The van der Waals surface area contributed by atoms with E-state index in [0.29, 0.717) is 31.7 Å². The van der Waals surface area contributed by atoms with Crippen LogP contribution in [0.15, 0.2) is 60.8 Å². The van der Waals surface area contributed by atoms with E-state index in [1.165, 1.54) is 0 Å². The van der Waals surface area contributed by atoms with Crippen molar-refractivity contribution >= 4 is 28.3 Å². The van der Waals surface area contributed by atoms with Crippen LogP contribution in [0, 0.1) is 11.8 Å². The van der Waals surface area contributed by atoms with Crippen LogP contribution in [0.25, 0.3) is 10.9 Å². The molecule has 1 aromatic heterocycles. The van der Waals surface area contributed by atoms with E-state index in [-0.39, 0.29) is 30.8 Å². The second kappa shape index (κ2) is 11.0. The number of rotatable bonds is 10. The average Bonchev–Trinajstić information content (AvgIpc) is 3.20. The lowest BCUT2D eigenvalue weighted by molar-refractivity contribution is -0.121. The lowest BCUT2D eigenvalue weighted by atomic mass is 9.96. The highest BCUT2D eigenvalue weighted by atomic mass is 16.5. The molecule has 2 atom stereocenters. The molecule has 4 rings (SSSR count). The van der Waals surface area contributed by atoms with Crippen LogP contribution in [0.5, 0.6) is 0 Å². The van der Waals surface area contributed by atoms with E-state index in [2.05, 4.69) is 10.3 Å². The van der Waals surface area contributed by atoms with Crippen LogP contribution in [0.3, 0.4) is 0 Å². The maximum atomic E-state index is 12.5. The minimum atomic E-state index is -0.471. The molecule has 172 valence electrons. The van der Waals surface area contributed by atoms with Gasteiger partial charge in [0.05, 0.1) is 36.6 Å². The lowest BCUT2D eigenvalue weighted by Crippen LogP contribution is -2.26. The number of aliphatic hydroxyl groups excluding tert-OH is 1. The zero-order valence-corrected chi connectivity index (χ0v) is 18.4. The molecule has 7 nitrogen and oxygen atoms in total. The number of fused-ring (bicyclic) bond motifs is 1. The SMILES string of the molecule is O=C(OCCO)c1cccc(COC[C@H]2CCC(=O)[C@@H]2CNc2cccc3cccnc23)c1. The minimum Gasteiger partial charge on any atom is -0.460 e. The predicted octanol–water partition coefficient (Wildman–Crippen LogP) is 3.61. The van der Waals surface area contributed by atoms with E-state index in [4.69, 9.17) is 14.6 Å². The Balaban J connectivity index is 1.32. The van der Waals surface area contributed by atoms with Crippen molar-refractivity contribution in [3.63, 3.8) is 0 Å². The number of nitrogens with zero attached hydrogens (tertiary/aromatic N) is 1. The van der Waals surface area contributed by atoms with Gasteiger partial charge in [-0.3, -0.25) is 9.78 Å². The Morgan fingerprint density at radius 3 is 2.88 bits per heavy atom. The largest absolute Gasteiger partial charge is 0.460 e. The van der Waals surface area contributed by atoms with Crippen molar-refractivity contribution in [2.24, 2.45) is 11.8 Å². The summed E-state index contributed by atoms with van der Waals surface area (Å²) in [5, 5.41) is 13.3. The fourth-order valence-electron chi connectivity index (χ4n) is 4.26. The number of ether oxygens (including phenoxy) is 2. The number of carbonyl (C=O) groups is 2. The summed E-state index contributed by atoms with van der Waals surface area (Å²) < 4.78 is 10.9. The van der Waals surface area contributed by atoms with Crippen LogP contribution in [0.2, 0.25) is 0 Å². The highest BCUT2D eigenvalue weighted by molar-refractivity contribution is 5.91. The molecule has 0 aliphatic heterocycles. The summed E-state index contributed by atoms with van der Waals surface area (Å²) in [5.41, 5.74) is 3.11. The van der Waals surface area contributed by atoms with Crippen LogP contribution in [-0.4, -0.2) is 48.2 Å². The van der Waals surface area contributed by atoms with E-state index in [1.807, 2.05) is 36.4 Å². The van der Waals surface area contributed by atoms with Gasteiger partial charge >= 0.3 is 5.97 Å². The molecule has 0 amide bonds. The first-order chi connectivity index (χ1) is 16.2. The molecule has 0 radical (unpaired) electrons. The molecule has 33 heavy (non-hydrogen) atoms. The van der Waals surface area contributed by atoms with E-state index in [9.17, 15) is 9.59 Å². The van der Waals surface area contributed by atoms with Crippen molar-refractivity contribution in [3.05, 3.63) is 71.9 Å². The Labute approximate surface area is 192 Å². The number of esters is 1. The Morgan fingerprint density at radius 2 is 2.00 bits per heavy atom. The molecule has 3 aromatic rings. The highest BCUT2D eigenvalue weighted by Crippen LogP contribution is 2.30. The molecule has 1 heterocycles. The van der Waals surface area contributed by atoms with Crippen molar-refractivity contribution in [1.29, 1.82) is 0 Å². The fourth-order valence-corrected chi connectivity index (χ4v) is 4.26. The van der Waals surface area contributed by atoms with Crippen LogP contribution >= 0.6 is 0 Å². The minimum absolute atomic E-state index is 0.0282. The molecule has 1 saturated carbocycles. The Morgan fingerprint density at radius 1 is 1.15 bits per heavy atom. The second-order valence-electron chi connectivity index (χ2n) is 8.21. The molecule has 2 N–H and O–H groups in total. The van der Waals surface area contributed by atoms with Crippen LogP contribution in [-0.2, 0) is 20.9 Å². The van der Waals surface area contributed by atoms with Crippen LogP contribution < -0.4 is 5.32 Å². The van der Waals surface area contributed by atoms with E-state index in [1.54, 1.807) is 24.4 Å². The molecular formula is C26H28N2O5. The quantitative estimate of drug-likeness (QED) is 0.457. The summed E-state index contributed by atoms with van der Waals surface area (Å²) in [6.07, 6.45) is 3.15. The molecule has 1 fully saturated rings. The first-order valence-electron chi connectivity index (χ1n) is 11.2. The maximum Gasteiger partial charge on any atom is 0.338 e. The number of benzene rings is 2. The topological polar surface area (TPSA) is 97.8 Å². The van der Waals surface area contributed by atoms with Gasteiger partial charge in [-0.2, -0.15) is 0 Å². The zero-order valence-electron chi connectivity index (χ0n) is 18.4. The van der Waals surface area contributed by atoms with Gasteiger partial charge in [0, 0.05) is 30.5 Å². The molecule has 1 aliphatic rings. The molecule has 0 bridgehead atoms. The first kappa shape index (κ1) is 22.9. The van der Waals surface area contributed by atoms with Crippen molar-refractivity contribution in [2.45, 2.75) is 19.4 Å². The number of para-hydroxylation sites is 1. The molecule has 0 spiro atoms. The second-order valence-corrected chi connectivity index (χ2v) is 8.21. The molecular weight excluding hydrogens is 420 g/mol. The lowest BCUT2D eigenvalue weighted by Gasteiger charge is -2.20. The maximum absolute atomic E-state index is 12.5. The molecule has 0 saturated heterocycles. The number of pyridine rings is 1.